The van der Waals surface area contributed by atoms with E-state index in [0.717, 1.165) is 17.7 Å². The SMILES string of the molecule is C=CC(=O)N1CCCc2c(C(=O)NC3CCCS(=O)(=O)C3)cccc21. The third kappa shape index (κ3) is 3.76. The Morgan fingerprint density at radius 2 is 2.08 bits per heavy atom. The lowest BCUT2D eigenvalue weighted by Crippen LogP contribution is -2.43. The molecule has 0 saturated carbocycles. The Morgan fingerprint density at radius 3 is 2.80 bits per heavy atom. The van der Waals surface area contributed by atoms with Crippen LogP contribution in [0.25, 0.3) is 0 Å². The van der Waals surface area contributed by atoms with Crippen molar-refractivity contribution < 1.29 is 18.0 Å². The number of benzene rings is 1. The van der Waals surface area contributed by atoms with Crippen molar-refractivity contribution in [3.8, 4) is 0 Å². The Labute approximate surface area is 147 Å². The smallest absolute Gasteiger partial charge is 0.251 e. The Kier molecular flexibility index (Phi) is 4.94. The van der Waals surface area contributed by atoms with Crippen LogP contribution in [0.2, 0.25) is 0 Å². The highest BCUT2D eigenvalue weighted by Gasteiger charge is 2.28. The number of amides is 2. The van der Waals surface area contributed by atoms with Gasteiger partial charge in [-0.05, 0) is 49.5 Å². The van der Waals surface area contributed by atoms with Crippen molar-refractivity contribution in [1.29, 1.82) is 0 Å². The quantitative estimate of drug-likeness (QED) is 0.825. The van der Waals surface area contributed by atoms with Crippen LogP contribution in [0.15, 0.2) is 30.9 Å². The van der Waals surface area contributed by atoms with Crippen molar-refractivity contribution >= 4 is 27.3 Å². The van der Waals surface area contributed by atoms with E-state index in [-0.39, 0.29) is 29.4 Å². The molecule has 7 heteroatoms. The van der Waals surface area contributed by atoms with Gasteiger partial charge in [-0.25, -0.2) is 8.42 Å². The van der Waals surface area contributed by atoms with Crippen LogP contribution in [0, 0.1) is 0 Å². The maximum atomic E-state index is 12.7. The third-order valence-electron chi connectivity index (χ3n) is 4.73. The first-order valence-electron chi connectivity index (χ1n) is 8.48. The first-order valence-corrected chi connectivity index (χ1v) is 10.3. The Balaban J connectivity index is 1.84. The van der Waals surface area contributed by atoms with E-state index >= 15 is 0 Å². The second-order valence-electron chi connectivity index (χ2n) is 6.53. The Bertz CT molecular complexity index is 816. The molecule has 0 bridgehead atoms. The van der Waals surface area contributed by atoms with E-state index in [9.17, 15) is 18.0 Å². The van der Waals surface area contributed by atoms with Gasteiger partial charge in [0, 0.05) is 23.8 Å². The summed E-state index contributed by atoms with van der Waals surface area (Å²) in [7, 11) is -3.08. The predicted octanol–water partition coefficient (Wildman–Crippen LogP) is 1.46. The van der Waals surface area contributed by atoms with Crippen molar-refractivity contribution in [2.75, 3.05) is 23.0 Å². The van der Waals surface area contributed by atoms with Crippen LogP contribution in [0.5, 0.6) is 0 Å². The number of hydrogen-bond acceptors (Lipinski definition) is 4. The molecule has 134 valence electrons. The van der Waals surface area contributed by atoms with Gasteiger partial charge in [0.15, 0.2) is 9.84 Å². The summed E-state index contributed by atoms with van der Waals surface area (Å²) < 4.78 is 23.5. The van der Waals surface area contributed by atoms with Gasteiger partial charge < -0.3 is 10.2 Å². The zero-order chi connectivity index (χ0) is 18.0. The molecule has 2 amide bonds. The van der Waals surface area contributed by atoms with E-state index in [1.807, 2.05) is 6.07 Å². The fourth-order valence-electron chi connectivity index (χ4n) is 3.58. The van der Waals surface area contributed by atoms with Crippen molar-refractivity contribution in [2.45, 2.75) is 31.7 Å². The zero-order valence-electron chi connectivity index (χ0n) is 14.0. The minimum Gasteiger partial charge on any atom is -0.348 e. The van der Waals surface area contributed by atoms with Crippen LogP contribution in [0.4, 0.5) is 5.69 Å². The first kappa shape index (κ1) is 17.7. The van der Waals surface area contributed by atoms with Crippen molar-refractivity contribution in [3.05, 3.63) is 42.0 Å². The molecule has 1 aromatic carbocycles. The van der Waals surface area contributed by atoms with Gasteiger partial charge in [0.25, 0.3) is 5.91 Å². The van der Waals surface area contributed by atoms with Gasteiger partial charge in [0.1, 0.15) is 0 Å². The van der Waals surface area contributed by atoms with Gasteiger partial charge in [-0.2, -0.15) is 0 Å². The number of nitrogens with one attached hydrogen (secondary N) is 1. The number of carbonyl (C=O) groups is 2. The summed E-state index contributed by atoms with van der Waals surface area (Å²) in [6.07, 6.45) is 4.00. The molecule has 2 aliphatic heterocycles. The van der Waals surface area contributed by atoms with E-state index in [1.54, 1.807) is 17.0 Å². The molecule has 6 nitrogen and oxygen atoms in total. The molecule has 3 rings (SSSR count). The number of anilines is 1. The molecule has 25 heavy (non-hydrogen) atoms. The first-order chi connectivity index (χ1) is 11.9. The number of hydrogen-bond donors (Lipinski definition) is 1. The molecular formula is C18H22N2O4S. The summed E-state index contributed by atoms with van der Waals surface area (Å²) >= 11 is 0. The molecule has 1 unspecified atom stereocenters. The Hall–Kier alpha value is -2.15. The van der Waals surface area contributed by atoms with Crippen LogP contribution in [-0.4, -0.2) is 44.3 Å². The molecule has 0 radical (unpaired) electrons. The fourth-order valence-corrected chi connectivity index (χ4v) is 5.21. The highest BCUT2D eigenvalue weighted by Crippen LogP contribution is 2.30. The molecule has 1 atom stereocenters. The minimum absolute atomic E-state index is 0.00512. The number of nitrogens with zero attached hydrogens (tertiary/aromatic N) is 1. The highest BCUT2D eigenvalue weighted by molar-refractivity contribution is 7.91. The number of carbonyl (C=O) groups excluding carboxylic acids is 2. The second-order valence-corrected chi connectivity index (χ2v) is 8.76. The monoisotopic (exact) mass is 362 g/mol. The van der Waals surface area contributed by atoms with E-state index in [2.05, 4.69) is 11.9 Å². The molecule has 0 aromatic heterocycles. The highest BCUT2D eigenvalue weighted by atomic mass is 32.2. The summed E-state index contributed by atoms with van der Waals surface area (Å²) in [6.45, 7) is 4.13. The minimum atomic E-state index is -3.08. The molecule has 2 aliphatic rings. The van der Waals surface area contributed by atoms with Gasteiger partial charge >= 0.3 is 0 Å². The van der Waals surface area contributed by atoms with Crippen LogP contribution < -0.4 is 10.2 Å². The average Bonchev–Trinajstić information content (AvgIpc) is 2.59. The van der Waals surface area contributed by atoms with E-state index in [0.29, 0.717) is 31.4 Å². The summed E-state index contributed by atoms with van der Waals surface area (Å²) in [5, 5.41) is 2.86. The zero-order valence-corrected chi connectivity index (χ0v) is 14.8. The maximum Gasteiger partial charge on any atom is 0.251 e. The second kappa shape index (κ2) is 7.00. The largest absolute Gasteiger partial charge is 0.348 e. The molecular weight excluding hydrogens is 340 g/mol. The summed E-state index contributed by atoms with van der Waals surface area (Å²) in [5.41, 5.74) is 2.09. The normalized spacial score (nSPS) is 21.9. The van der Waals surface area contributed by atoms with E-state index in [4.69, 9.17) is 0 Å². The van der Waals surface area contributed by atoms with Crippen molar-refractivity contribution in [3.63, 3.8) is 0 Å². The predicted molar refractivity (Wildman–Crippen MR) is 96.5 cm³/mol. The number of rotatable bonds is 3. The maximum absolute atomic E-state index is 12.7. The lowest BCUT2D eigenvalue weighted by Gasteiger charge is -2.30. The molecule has 0 aliphatic carbocycles. The summed E-state index contributed by atoms with van der Waals surface area (Å²) in [5.74, 6) is -0.267. The molecule has 1 aromatic rings. The molecule has 1 N–H and O–H groups in total. The lowest BCUT2D eigenvalue weighted by molar-refractivity contribution is -0.114. The number of fused-ring (bicyclic) bond motifs is 1. The van der Waals surface area contributed by atoms with Crippen molar-refractivity contribution in [2.24, 2.45) is 0 Å². The molecule has 0 spiro atoms. The molecule has 2 heterocycles. The fraction of sp³-hybridized carbons (Fsp3) is 0.444. The average molecular weight is 362 g/mol. The number of sulfone groups is 1. The standard InChI is InChI=1S/C18H22N2O4S/c1-2-17(21)20-10-4-8-14-15(7-3-9-16(14)20)18(22)19-13-6-5-11-25(23,24)12-13/h2-3,7,9,13H,1,4-6,8,10-12H2,(H,19,22). The third-order valence-corrected chi connectivity index (χ3v) is 6.56. The van der Waals surface area contributed by atoms with Crippen LogP contribution in [-0.2, 0) is 21.1 Å². The lowest BCUT2D eigenvalue weighted by atomic mass is 9.95. The van der Waals surface area contributed by atoms with Crippen molar-refractivity contribution in [1.82, 2.24) is 5.32 Å². The van der Waals surface area contributed by atoms with Gasteiger partial charge in [-0.1, -0.05) is 12.6 Å². The van der Waals surface area contributed by atoms with Crippen LogP contribution in [0.3, 0.4) is 0 Å². The van der Waals surface area contributed by atoms with Gasteiger partial charge in [0.2, 0.25) is 5.91 Å². The topological polar surface area (TPSA) is 83.6 Å². The molecule has 1 saturated heterocycles. The molecule has 1 fully saturated rings. The van der Waals surface area contributed by atoms with Crippen LogP contribution in [0.1, 0.15) is 35.2 Å². The van der Waals surface area contributed by atoms with E-state index in [1.165, 1.54) is 6.08 Å². The Morgan fingerprint density at radius 1 is 1.28 bits per heavy atom. The van der Waals surface area contributed by atoms with Crippen LogP contribution >= 0.6 is 0 Å². The summed E-state index contributed by atoms with van der Waals surface area (Å²) in [4.78, 5) is 26.4. The summed E-state index contributed by atoms with van der Waals surface area (Å²) in [6, 6.07) is 4.96. The van der Waals surface area contributed by atoms with Gasteiger partial charge in [0.05, 0.1) is 11.5 Å². The van der Waals surface area contributed by atoms with Gasteiger partial charge in [-0.3, -0.25) is 9.59 Å². The van der Waals surface area contributed by atoms with E-state index < -0.39 is 9.84 Å². The van der Waals surface area contributed by atoms with Gasteiger partial charge in [-0.15, -0.1) is 0 Å².